The average molecular weight is 289 g/mol. The highest BCUT2D eigenvalue weighted by Crippen LogP contribution is 2.38. The van der Waals surface area contributed by atoms with Gasteiger partial charge in [0.1, 0.15) is 0 Å². The number of carbonyl (C=O) groups is 2. The van der Waals surface area contributed by atoms with E-state index in [2.05, 4.69) is 23.2 Å². The Morgan fingerprint density at radius 1 is 0.812 bits per heavy atom. The molecule has 0 atom stereocenters. The molecule has 0 unspecified atom stereocenters. The summed E-state index contributed by atoms with van der Waals surface area (Å²) in [6, 6.07) is 0. The summed E-state index contributed by atoms with van der Waals surface area (Å²) >= 11 is 8.68. The van der Waals surface area contributed by atoms with Gasteiger partial charge < -0.3 is 0 Å². The van der Waals surface area contributed by atoms with E-state index in [-0.39, 0.29) is 0 Å². The Balaban J connectivity index is 5.79. The lowest BCUT2D eigenvalue weighted by molar-refractivity contribution is -0.133. The van der Waals surface area contributed by atoms with Crippen LogP contribution in [0.3, 0.4) is 0 Å². The zero-order chi connectivity index (χ0) is 13.3. The second kappa shape index (κ2) is 4.62. The maximum absolute atomic E-state index is 13.1. The van der Waals surface area contributed by atoms with Crippen LogP contribution >= 0.6 is 23.2 Å². The predicted octanol–water partition coefficient (Wildman–Crippen LogP) is 2.94. The first-order valence-electron chi connectivity index (χ1n) is 3.17. The summed E-state index contributed by atoms with van der Waals surface area (Å²) in [5.41, 5.74) is -4.69. The molecule has 0 rings (SSSR count). The van der Waals surface area contributed by atoms with Gasteiger partial charge in [0.15, 0.2) is 5.83 Å². The molecular formula is C6Cl2F6O2. The van der Waals surface area contributed by atoms with Gasteiger partial charge in [-0.3, -0.25) is 9.59 Å². The van der Waals surface area contributed by atoms with Crippen LogP contribution in [0.15, 0.2) is 11.7 Å². The minimum atomic E-state index is -5.92. The Morgan fingerprint density at radius 3 is 1.31 bits per heavy atom. The summed E-state index contributed by atoms with van der Waals surface area (Å²) in [6.45, 7) is 0. The smallest absolute Gasteiger partial charge is 0.276 e. The van der Waals surface area contributed by atoms with Crippen LogP contribution in [0.5, 0.6) is 0 Å². The van der Waals surface area contributed by atoms with Crippen molar-refractivity contribution in [2.45, 2.75) is 11.8 Å². The maximum atomic E-state index is 13.1. The number of allylic oxidation sites excluding steroid dienone is 2. The van der Waals surface area contributed by atoms with Gasteiger partial charge >= 0.3 is 11.8 Å². The van der Waals surface area contributed by atoms with Crippen LogP contribution in [0.1, 0.15) is 0 Å². The Morgan fingerprint density at radius 2 is 1.12 bits per heavy atom. The van der Waals surface area contributed by atoms with Crippen molar-refractivity contribution in [1.82, 2.24) is 0 Å². The van der Waals surface area contributed by atoms with E-state index in [4.69, 9.17) is 0 Å². The largest absolute Gasteiger partial charge is 0.445 e. The van der Waals surface area contributed by atoms with E-state index >= 15 is 0 Å². The van der Waals surface area contributed by atoms with Crippen molar-refractivity contribution in [3.63, 3.8) is 0 Å². The molecule has 0 aliphatic carbocycles. The van der Waals surface area contributed by atoms with Crippen molar-refractivity contribution in [2.75, 3.05) is 0 Å². The van der Waals surface area contributed by atoms with Gasteiger partial charge in [0.25, 0.3) is 10.5 Å². The average Bonchev–Trinajstić information content (AvgIpc) is 2.11. The number of halogens is 8. The molecular weight excluding hydrogens is 289 g/mol. The first kappa shape index (κ1) is 15.2. The number of carbonyl (C=O) groups excluding carboxylic acids is 2. The minimum absolute atomic E-state index is 2.52. The van der Waals surface area contributed by atoms with Crippen molar-refractivity contribution in [3.8, 4) is 0 Å². The summed E-state index contributed by atoms with van der Waals surface area (Å²) in [4.78, 5) is 20.5. The molecule has 0 aliphatic rings. The maximum Gasteiger partial charge on any atom is 0.445 e. The number of rotatable bonds is 3. The van der Waals surface area contributed by atoms with E-state index in [0.29, 0.717) is 0 Å². The van der Waals surface area contributed by atoms with Crippen LogP contribution in [-0.4, -0.2) is 22.3 Å². The number of hydrogen-bond donors (Lipinski definition) is 0. The summed E-state index contributed by atoms with van der Waals surface area (Å²) in [6.07, 6.45) is -5.92. The van der Waals surface area contributed by atoms with Crippen LogP contribution in [0.2, 0.25) is 0 Å². The fourth-order valence-corrected chi connectivity index (χ4v) is 0.911. The van der Waals surface area contributed by atoms with Gasteiger partial charge in [0.05, 0.1) is 0 Å². The summed E-state index contributed by atoms with van der Waals surface area (Å²) in [5.74, 6) is -6.93. The zero-order valence-corrected chi connectivity index (χ0v) is 8.35. The molecule has 0 aromatic rings. The van der Waals surface area contributed by atoms with Gasteiger partial charge in [-0.25, -0.2) is 8.78 Å². The first-order chi connectivity index (χ1) is 6.95. The van der Waals surface area contributed by atoms with Gasteiger partial charge in [0, 0.05) is 0 Å². The summed E-state index contributed by atoms with van der Waals surface area (Å²) in [5, 5.41) is -5.05. The van der Waals surface area contributed by atoms with Gasteiger partial charge in [-0.05, 0) is 23.2 Å². The van der Waals surface area contributed by atoms with Gasteiger partial charge in [-0.1, -0.05) is 0 Å². The normalized spacial score (nSPS) is 14.5. The van der Waals surface area contributed by atoms with E-state index in [1.54, 1.807) is 0 Å². The topological polar surface area (TPSA) is 34.1 Å². The number of alkyl halides is 4. The molecule has 0 amide bonds. The van der Waals surface area contributed by atoms with Crippen LogP contribution in [0, 0.1) is 0 Å². The van der Waals surface area contributed by atoms with Gasteiger partial charge in [0.2, 0.25) is 5.83 Å². The fourth-order valence-electron chi connectivity index (χ4n) is 0.525. The zero-order valence-electron chi connectivity index (χ0n) is 6.84. The third-order valence-corrected chi connectivity index (χ3v) is 1.81. The van der Waals surface area contributed by atoms with Gasteiger partial charge in [-0.2, -0.15) is 17.6 Å². The van der Waals surface area contributed by atoms with Crippen molar-refractivity contribution >= 4 is 33.7 Å². The molecule has 0 saturated heterocycles. The van der Waals surface area contributed by atoms with E-state index in [1.807, 2.05) is 0 Å². The molecule has 0 N–H and O–H groups in total. The molecule has 0 radical (unpaired) electrons. The minimum Gasteiger partial charge on any atom is -0.276 e. The van der Waals surface area contributed by atoms with Crippen molar-refractivity contribution in [3.05, 3.63) is 11.7 Å². The van der Waals surface area contributed by atoms with E-state index < -0.39 is 34.0 Å². The van der Waals surface area contributed by atoms with Crippen LogP contribution in [0.25, 0.3) is 0 Å². The highest BCUT2D eigenvalue weighted by molar-refractivity contribution is 6.76. The van der Waals surface area contributed by atoms with Crippen molar-refractivity contribution in [2.24, 2.45) is 0 Å². The lowest BCUT2D eigenvalue weighted by Crippen LogP contribution is -2.39. The van der Waals surface area contributed by atoms with E-state index in [0.717, 1.165) is 0 Å². The third-order valence-electron chi connectivity index (χ3n) is 1.29. The van der Waals surface area contributed by atoms with Gasteiger partial charge in [-0.15, -0.1) is 0 Å². The second-order valence-electron chi connectivity index (χ2n) is 2.33. The third kappa shape index (κ3) is 2.67. The highest BCUT2D eigenvalue weighted by Gasteiger charge is 2.55. The van der Waals surface area contributed by atoms with Crippen molar-refractivity contribution in [1.29, 1.82) is 0 Å². The molecule has 0 bridgehead atoms. The second-order valence-corrected chi connectivity index (χ2v) is 3.02. The van der Waals surface area contributed by atoms with E-state index in [9.17, 15) is 35.9 Å². The quantitative estimate of drug-likeness (QED) is 0.455. The summed E-state index contributed by atoms with van der Waals surface area (Å²) in [7, 11) is 0. The monoisotopic (exact) mass is 288 g/mol. The van der Waals surface area contributed by atoms with Crippen molar-refractivity contribution < 1.29 is 35.9 Å². The predicted molar refractivity (Wildman–Crippen MR) is 40.9 cm³/mol. The molecule has 0 heterocycles. The molecule has 2 nitrogen and oxygen atoms in total. The lowest BCUT2D eigenvalue weighted by atomic mass is 10.1. The fraction of sp³-hybridized carbons (Fsp3) is 0.333. The highest BCUT2D eigenvalue weighted by atomic mass is 35.5. The Kier molecular flexibility index (Phi) is 4.40. The first-order valence-corrected chi connectivity index (χ1v) is 3.93. The SMILES string of the molecule is O=C(Cl)C(F)(C(=O)Cl)C(F)=C(F)C(F)(F)F. The Labute approximate surface area is 93.8 Å². The molecule has 16 heavy (non-hydrogen) atoms. The van der Waals surface area contributed by atoms with Crippen LogP contribution in [-0.2, 0) is 9.59 Å². The van der Waals surface area contributed by atoms with Crippen LogP contribution < -0.4 is 0 Å². The lowest BCUT2D eigenvalue weighted by Gasteiger charge is -2.15. The molecule has 0 aliphatic heterocycles. The molecule has 0 saturated carbocycles. The standard InChI is InChI=1S/C6Cl2F6O2/c7-3(15)5(11,4(8)16)1(9)2(10)6(12,13)14. The molecule has 0 spiro atoms. The molecule has 0 aromatic heterocycles. The molecule has 92 valence electrons. The Hall–Kier alpha value is -0.760. The Bertz CT molecular complexity index is 347. The molecule has 0 aromatic carbocycles. The molecule has 10 heteroatoms. The molecule has 0 fully saturated rings. The van der Waals surface area contributed by atoms with Crippen LogP contribution in [0.4, 0.5) is 26.3 Å². The number of hydrogen-bond acceptors (Lipinski definition) is 2. The summed E-state index contributed by atoms with van der Waals surface area (Å²) < 4.78 is 72.8. The van der Waals surface area contributed by atoms with E-state index in [1.165, 1.54) is 0 Å².